The van der Waals surface area contributed by atoms with Gasteiger partial charge in [0.1, 0.15) is 0 Å². The minimum Gasteiger partial charge on any atom is -0.304 e. The maximum Gasteiger partial charge on any atom is 0.269 e. The fourth-order valence-corrected chi connectivity index (χ4v) is 2.90. The molecular weight excluding hydrogens is 300 g/mol. The monoisotopic (exact) mass is 312 g/mol. The topological polar surface area (TPSA) is 65.1 Å². The molecular formula is C16H12N2O3S. The Hall–Kier alpha value is -2.73. The molecule has 0 saturated heterocycles. The molecule has 0 saturated carbocycles. The number of rotatable bonds is 4. The molecule has 0 radical (unpaired) electrons. The average molecular weight is 312 g/mol. The van der Waals surface area contributed by atoms with Crippen molar-refractivity contribution < 1.29 is 4.92 Å². The van der Waals surface area contributed by atoms with Crippen LogP contribution in [0.4, 0.5) is 5.69 Å². The van der Waals surface area contributed by atoms with Gasteiger partial charge in [-0.1, -0.05) is 18.2 Å². The zero-order chi connectivity index (χ0) is 15.5. The number of nitro groups is 1. The van der Waals surface area contributed by atoms with Gasteiger partial charge in [-0.2, -0.15) is 11.3 Å². The van der Waals surface area contributed by atoms with E-state index < -0.39 is 4.92 Å². The van der Waals surface area contributed by atoms with Gasteiger partial charge in [-0.05, 0) is 23.1 Å². The van der Waals surface area contributed by atoms with E-state index in [4.69, 9.17) is 0 Å². The van der Waals surface area contributed by atoms with Crippen molar-refractivity contribution in [3.8, 4) is 11.3 Å². The average Bonchev–Trinajstić information content (AvgIpc) is 3.04. The summed E-state index contributed by atoms with van der Waals surface area (Å²) in [7, 11) is 0. The molecule has 3 rings (SSSR count). The van der Waals surface area contributed by atoms with Crippen molar-refractivity contribution in [2.75, 3.05) is 0 Å². The summed E-state index contributed by atoms with van der Waals surface area (Å²) in [6.45, 7) is 0.378. The van der Waals surface area contributed by atoms with Gasteiger partial charge >= 0.3 is 0 Å². The molecule has 22 heavy (non-hydrogen) atoms. The van der Waals surface area contributed by atoms with Crippen LogP contribution in [0.1, 0.15) is 5.56 Å². The zero-order valence-electron chi connectivity index (χ0n) is 11.5. The first-order valence-electron chi connectivity index (χ1n) is 6.61. The Morgan fingerprint density at radius 3 is 2.50 bits per heavy atom. The number of benzene rings is 1. The number of hydrogen-bond donors (Lipinski definition) is 0. The SMILES string of the molecule is O=c1cccc(-c2ccsc2)n1Cc1ccc([N+](=O)[O-])cc1. The van der Waals surface area contributed by atoms with Crippen molar-refractivity contribution in [3.63, 3.8) is 0 Å². The lowest BCUT2D eigenvalue weighted by Gasteiger charge is -2.11. The molecule has 6 heteroatoms. The highest BCUT2D eigenvalue weighted by Gasteiger charge is 2.09. The predicted molar refractivity (Wildman–Crippen MR) is 86.2 cm³/mol. The van der Waals surface area contributed by atoms with Crippen LogP contribution in [-0.2, 0) is 6.54 Å². The summed E-state index contributed by atoms with van der Waals surface area (Å²) in [5.74, 6) is 0. The maximum atomic E-state index is 12.2. The van der Waals surface area contributed by atoms with Crippen molar-refractivity contribution >= 4 is 17.0 Å². The molecule has 0 fully saturated rings. The molecule has 1 aromatic carbocycles. The Morgan fingerprint density at radius 2 is 1.86 bits per heavy atom. The van der Waals surface area contributed by atoms with Crippen LogP contribution in [0.3, 0.4) is 0 Å². The van der Waals surface area contributed by atoms with Crippen LogP contribution in [0.5, 0.6) is 0 Å². The first kappa shape index (κ1) is 14.2. The summed E-state index contributed by atoms with van der Waals surface area (Å²) >= 11 is 1.57. The standard InChI is InChI=1S/C16H12N2O3S/c19-16-3-1-2-15(13-8-9-22-11-13)17(16)10-12-4-6-14(7-5-12)18(20)21/h1-9,11H,10H2. The third kappa shape index (κ3) is 2.82. The highest BCUT2D eigenvalue weighted by atomic mass is 32.1. The minimum absolute atomic E-state index is 0.0437. The Labute approximate surface area is 130 Å². The number of nitro benzene ring substituents is 1. The summed E-state index contributed by atoms with van der Waals surface area (Å²) < 4.78 is 1.67. The van der Waals surface area contributed by atoms with Crippen LogP contribution in [0.25, 0.3) is 11.3 Å². The summed E-state index contributed by atoms with van der Waals surface area (Å²) in [6, 6.07) is 13.4. The molecule has 5 nitrogen and oxygen atoms in total. The molecule has 0 bridgehead atoms. The van der Waals surface area contributed by atoms with Crippen LogP contribution in [0, 0.1) is 10.1 Å². The van der Waals surface area contributed by atoms with E-state index in [1.165, 1.54) is 18.2 Å². The third-order valence-corrected chi connectivity index (χ3v) is 4.04. The van der Waals surface area contributed by atoms with E-state index in [2.05, 4.69) is 0 Å². The fourth-order valence-electron chi connectivity index (χ4n) is 2.25. The number of pyridine rings is 1. The lowest BCUT2D eigenvalue weighted by atomic mass is 10.1. The molecule has 0 spiro atoms. The normalized spacial score (nSPS) is 10.5. The van der Waals surface area contributed by atoms with Crippen molar-refractivity contribution in [2.24, 2.45) is 0 Å². The van der Waals surface area contributed by atoms with Gasteiger partial charge in [-0.15, -0.1) is 0 Å². The van der Waals surface area contributed by atoms with Crippen LogP contribution < -0.4 is 5.56 Å². The van der Waals surface area contributed by atoms with E-state index in [9.17, 15) is 14.9 Å². The lowest BCUT2D eigenvalue weighted by Crippen LogP contribution is -2.21. The van der Waals surface area contributed by atoms with Gasteiger partial charge in [0.25, 0.3) is 11.2 Å². The summed E-state index contributed by atoms with van der Waals surface area (Å²) in [4.78, 5) is 22.4. The molecule has 0 aliphatic heterocycles. The van der Waals surface area contributed by atoms with E-state index in [1.807, 2.05) is 22.9 Å². The predicted octanol–water partition coefficient (Wildman–Crippen LogP) is 3.53. The Kier molecular flexibility index (Phi) is 3.84. The molecule has 0 amide bonds. The maximum absolute atomic E-state index is 12.2. The molecule has 0 N–H and O–H groups in total. The minimum atomic E-state index is -0.435. The van der Waals surface area contributed by atoms with Gasteiger partial charge < -0.3 is 4.57 Å². The van der Waals surface area contributed by atoms with E-state index in [-0.39, 0.29) is 11.2 Å². The molecule has 0 unspecified atom stereocenters. The third-order valence-electron chi connectivity index (χ3n) is 3.35. The van der Waals surface area contributed by atoms with E-state index in [0.29, 0.717) is 6.54 Å². The van der Waals surface area contributed by atoms with E-state index in [0.717, 1.165) is 16.8 Å². The summed E-state index contributed by atoms with van der Waals surface area (Å²) in [6.07, 6.45) is 0. The molecule has 0 atom stereocenters. The molecule has 2 heterocycles. The summed E-state index contributed by atoms with van der Waals surface area (Å²) in [5, 5.41) is 14.6. The van der Waals surface area contributed by atoms with Gasteiger partial charge in [0.15, 0.2) is 0 Å². The zero-order valence-corrected chi connectivity index (χ0v) is 12.3. The molecule has 0 aliphatic carbocycles. The largest absolute Gasteiger partial charge is 0.304 e. The quantitative estimate of drug-likeness (QED) is 0.547. The Morgan fingerprint density at radius 1 is 1.09 bits per heavy atom. The van der Waals surface area contributed by atoms with E-state index in [1.54, 1.807) is 34.1 Å². The lowest BCUT2D eigenvalue weighted by molar-refractivity contribution is -0.384. The molecule has 0 aliphatic rings. The van der Waals surface area contributed by atoms with Crippen LogP contribution in [0.2, 0.25) is 0 Å². The van der Waals surface area contributed by atoms with Crippen molar-refractivity contribution in [1.29, 1.82) is 0 Å². The summed E-state index contributed by atoms with van der Waals surface area (Å²) in [5.41, 5.74) is 2.62. The second-order valence-corrected chi connectivity index (χ2v) is 5.55. The first-order valence-corrected chi connectivity index (χ1v) is 7.55. The number of thiophene rings is 1. The first-order chi connectivity index (χ1) is 10.6. The van der Waals surface area contributed by atoms with Crippen molar-refractivity contribution in [1.82, 2.24) is 4.57 Å². The number of hydrogen-bond acceptors (Lipinski definition) is 4. The van der Waals surface area contributed by atoms with Crippen molar-refractivity contribution in [2.45, 2.75) is 6.54 Å². The van der Waals surface area contributed by atoms with E-state index >= 15 is 0 Å². The second-order valence-electron chi connectivity index (χ2n) is 4.77. The number of non-ortho nitro benzene ring substituents is 1. The van der Waals surface area contributed by atoms with Crippen molar-refractivity contribution in [3.05, 3.63) is 85.3 Å². The molecule has 2 aromatic heterocycles. The van der Waals surface area contributed by atoms with Crippen LogP contribution >= 0.6 is 11.3 Å². The number of nitrogens with zero attached hydrogens (tertiary/aromatic N) is 2. The molecule has 110 valence electrons. The number of aromatic nitrogens is 1. The highest BCUT2D eigenvalue weighted by Crippen LogP contribution is 2.22. The fraction of sp³-hybridized carbons (Fsp3) is 0.0625. The van der Waals surface area contributed by atoms with Gasteiger partial charge in [-0.25, -0.2) is 0 Å². The van der Waals surface area contributed by atoms with Gasteiger partial charge in [0, 0.05) is 29.1 Å². The van der Waals surface area contributed by atoms with Crippen LogP contribution in [-0.4, -0.2) is 9.49 Å². The van der Waals surface area contributed by atoms with Gasteiger partial charge in [0.05, 0.1) is 17.2 Å². The Bertz CT molecular complexity index is 852. The van der Waals surface area contributed by atoms with Gasteiger partial charge in [0.2, 0.25) is 0 Å². The van der Waals surface area contributed by atoms with Crippen LogP contribution in [0.15, 0.2) is 64.1 Å². The smallest absolute Gasteiger partial charge is 0.269 e. The molecule has 3 aromatic rings. The highest BCUT2D eigenvalue weighted by molar-refractivity contribution is 7.08. The Balaban J connectivity index is 1.98. The van der Waals surface area contributed by atoms with Gasteiger partial charge in [-0.3, -0.25) is 14.9 Å². The second kappa shape index (κ2) is 5.95.